The lowest BCUT2D eigenvalue weighted by atomic mass is 10.0. The molecule has 1 aliphatic carbocycles. The minimum Gasteiger partial charge on any atom is -0.0906 e. The van der Waals surface area contributed by atoms with Gasteiger partial charge in [0.15, 0.2) is 0 Å². The molecular weight excluding hydrogens is 235 g/mol. The van der Waals surface area contributed by atoms with E-state index in [-0.39, 0.29) is 0 Å². The molecule has 4 rings (SSSR count). The zero-order chi connectivity index (χ0) is 12.1. The normalized spacial score (nSPS) is 13.6. The highest BCUT2D eigenvalue weighted by atomic mass is 31.1. The number of hydrogen-bond donors (Lipinski definition) is 0. The predicted octanol–water partition coefficient (Wildman–Crippen LogP) is 4.22. The molecule has 1 unspecified atom stereocenters. The van der Waals surface area contributed by atoms with Crippen LogP contribution in [0.2, 0.25) is 0 Å². The Kier molecular flexibility index (Phi) is 2.22. The van der Waals surface area contributed by atoms with E-state index in [2.05, 4.69) is 49.4 Å². The van der Waals surface area contributed by atoms with Crippen LogP contribution in [0, 0.1) is 0 Å². The molecule has 1 atom stereocenters. The van der Waals surface area contributed by atoms with E-state index >= 15 is 0 Å². The molecule has 0 aromatic heterocycles. The first-order valence-electron chi connectivity index (χ1n) is 6.58. The summed E-state index contributed by atoms with van der Waals surface area (Å²) < 4.78 is 0. The van der Waals surface area contributed by atoms with Crippen LogP contribution < -0.4 is 5.30 Å². The first-order chi connectivity index (χ1) is 8.86. The molecule has 1 aliphatic rings. The lowest BCUT2D eigenvalue weighted by molar-refractivity contribution is 1.28. The Balaban J connectivity index is 2.12. The van der Waals surface area contributed by atoms with Crippen molar-refractivity contribution in [2.75, 3.05) is 6.16 Å². The van der Waals surface area contributed by atoms with Crippen molar-refractivity contribution in [3.63, 3.8) is 0 Å². The Morgan fingerprint density at radius 1 is 0.944 bits per heavy atom. The van der Waals surface area contributed by atoms with E-state index in [4.69, 9.17) is 0 Å². The van der Waals surface area contributed by atoms with Crippen molar-refractivity contribution in [3.05, 3.63) is 53.6 Å². The summed E-state index contributed by atoms with van der Waals surface area (Å²) in [6.07, 6.45) is 2.37. The molecule has 0 amide bonds. The largest absolute Gasteiger partial charge is 0.0906 e. The SMILES string of the molecule is CCPc1cc2c3c(ccc4cccc(c43)C2)c1. The van der Waals surface area contributed by atoms with E-state index in [9.17, 15) is 0 Å². The van der Waals surface area contributed by atoms with Gasteiger partial charge in [0.05, 0.1) is 0 Å². The summed E-state index contributed by atoms with van der Waals surface area (Å²) in [7, 11) is 0.944. The molecule has 0 bridgehead atoms. The molecule has 3 aromatic rings. The summed E-state index contributed by atoms with van der Waals surface area (Å²) in [4.78, 5) is 0. The molecule has 0 saturated carbocycles. The molecule has 0 N–H and O–H groups in total. The van der Waals surface area contributed by atoms with Gasteiger partial charge in [0, 0.05) is 0 Å². The fourth-order valence-corrected chi connectivity index (χ4v) is 4.15. The molecule has 3 aromatic carbocycles. The molecule has 0 radical (unpaired) electrons. The van der Waals surface area contributed by atoms with Crippen molar-refractivity contribution in [1.29, 1.82) is 0 Å². The minimum absolute atomic E-state index is 0.944. The summed E-state index contributed by atoms with van der Waals surface area (Å²) in [5.74, 6) is 0. The second-order valence-electron chi connectivity index (χ2n) is 5.02. The van der Waals surface area contributed by atoms with Crippen LogP contribution in [0.3, 0.4) is 0 Å². The third kappa shape index (κ3) is 1.36. The van der Waals surface area contributed by atoms with Crippen LogP contribution in [0.5, 0.6) is 0 Å². The van der Waals surface area contributed by atoms with Crippen LogP contribution in [-0.4, -0.2) is 6.16 Å². The molecule has 0 fully saturated rings. The van der Waals surface area contributed by atoms with Crippen LogP contribution in [0.1, 0.15) is 18.1 Å². The van der Waals surface area contributed by atoms with E-state index in [0.717, 1.165) is 15.0 Å². The van der Waals surface area contributed by atoms with Crippen molar-refractivity contribution in [2.45, 2.75) is 13.3 Å². The van der Waals surface area contributed by atoms with Gasteiger partial charge < -0.3 is 0 Å². The summed E-state index contributed by atoms with van der Waals surface area (Å²) in [5.41, 5.74) is 3.04. The zero-order valence-corrected chi connectivity index (χ0v) is 11.5. The second-order valence-corrected chi connectivity index (χ2v) is 6.66. The second kappa shape index (κ2) is 3.80. The topological polar surface area (TPSA) is 0 Å². The van der Waals surface area contributed by atoms with Gasteiger partial charge in [-0.2, -0.15) is 0 Å². The Bertz CT molecular complexity index is 771. The molecule has 0 nitrogen and oxygen atoms in total. The predicted molar refractivity (Wildman–Crippen MR) is 82.8 cm³/mol. The highest BCUT2D eigenvalue weighted by Gasteiger charge is 2.17. The average Bonchev–Trinajstić information content (AvgIpc) is 2.75. The Morgan fingerprint density at radius 3 is 2.67 bits per heavy atom. The fraction of sp³-hybridized carbons (Fsp3) is 0.176. The van der Waals surface area contributed by atoms with E-state index in [1.165, 1.54) is 44.1 Å². The third-order valence-electron chi connectivity index (χ3n) is 3.89. The molecular formula is C17H15P. The van der Waals surface area contributed by atoms with Crippen LogP contribution in [-0.2, 0) is 6.42 Å². The molecule has 0 heterocycles. The maximum atomic E-state index is 2.43. The van der Waals surface area contributed by atoms with E-state index < -0.39 is 0 Å². The first kappa shape index (κ1) is 10.5. The molecule has 0 saturated heterocycles. The lowest BCUT2D eigenvalue weighted by Gasteiger charge is -2.06. The van der Waals surface area contributed by atoms with Crippen LogP contribution >= 0.6 is 8.58 Å². The summed E-state index contributed by atoms with van der Waals surface area (Å²) in [6, 6.07) is 16.1. The van der Waals surface area contributed by atoms with Crippen LogP contribution in [0.25, 0.3) is 21.5 Å². The molecule has 18 heavy (non-hydrogen) atoms. The number of hydrogen-bond acceptors (Lipinski definition) is 0. The van der Waals surface area contributed by atoms with E-state index in [1.54, 1.807) is 0 Å². The molecule has 1 heteroatoms. The van der Waals surface area contributed by atoms with Gasteiger partial charge in [0.25, 0.3) is 0 Å². The third-order valence-corrected chi connectivity index (χ3v) is 4.94. The number of rotatable bonds is 2. The molecule has 0 spiro atoms. The van der Waals surface area contributed by atoms with Crippen molar-refractivity contribution < 1.29 is 0 Å². The highest BCUT2D eigenvalue weighted by Crippen LogP contribution is 2.38. The maximum Gasteiger partial charge on any atom is -0.00128 e. The smallest absolute Gasteiger partial charge is 0.00128 e. The van der Waals surface area contributed by atoms with Gasteiger partial charge in [-0.3, -0.25) is 0 Å². The van der Waals surface area contributed by atoms with Crippen LogP contribution in [0.4, 0.5) is 0 Å². The monoisotopic (exact) mass is 250 g/mol. The molecule has 0 aliphatic heterocycles. The molecule has 88 valence electrons. The first-order valence-corrected chi connectivity index (χ1v) is 7.78. The summed E-state index contributed by atoms with van der Waals surface area (Å²) in [6.45, 7) is 2.26. The quantitative estimate of drug-likeness (QED) is 0.369. The van der Waals surface area contributed by atoms with Gasteiger partial charge in [-0.05, 0) is 56.6 Å². The van der Waals surface area contributed by atoms with Gasteiger partial charge in [-0.1, -0.05) is 51.9 Å². The van der Waals surface area contributed by atoms with E-state index in [1.807, 2.05) is 0 Å². The van der Waals surface area contributed by atoms with Crippen molar-refractivity contribution in [2.24, 2.45) is 0 Å². The lowest BCUT2D eigenvalue weighted by Crippen LogP contribution is -1.97. The summed E-state index contributed by atoms with van der Waals surface area (Å²) in [5, 5.41) is 7.35. The van der Waals surface area contributed by atoms with Crippen LogP contribution in [0.15, 0.2) is 42.5 Å². The summed E-state index contributed by atoms with van der Waals surface area (Å²) >= 11 is 0. The van der Waals surface area contributed by atoms with Gasteiger partial charge in [-0.25, -0.2) is 0 Å². The van der Waals surface area contributed by atoms with Gasteiger partial charge in [0.2, 0.25) is 0 Å². The standard InChI is InChI=1S/C17H15P/c1-2-18-15-9-13-7-6-11-4-3-5-12-8-14(10-15)17(13)16(11)12/h3-7,9-10,18H,2,8H2,1H3. The van der Waals surface area contributed by atoms with Gasteiger partial charge >= 0.3 is 0 Å². The van der Waals surface area contributed by atoms with Gasteiger partial charge in [0.1, 0.15) is 0 Å². The zero-order valence-electron chi connectivity index (χ0n) is 10.5. The van der Waals surface area contributed by atoms with E-state index in [0.29, 0.717) is 0 Å². The van der Waals surface area contributed by atoms with Crippen molar-refractivity contribution in [1.82, 2.24) is 0 Å². The van der Waals surface area contributed by atoms with Crippen molar-refractivity contribution in [3.8, 4) is 0 Å². The number of benzene rings is 3. The Labute approximate surface area is 109 Å². The fourth-order valence-electron chi connectivity index (χ4n) is 3.20. The Morgan fingerprint density at radius 2 is 1.78 bits per heavy atom. The average molecular weight is 250 g/mol. The Hall–Kier alpha value is -1.39. The minimum atomic E-state index is 0.944. The maximum absolute atomic E-state index is 2.43. The van der Waals surface area contributed by atoms with Crippen molar-refractivity contribution >= 4 is 35.4 Å². The highest BCUT2D eigenvalue weighted by molar-refractivity contribution is 7.47. The van der Waals surface area contributed by atoms with Gasteiger partial charge in [-0.15, -0.1) is 0 Å².